The number of aryl methyl sites for hydroxylation is 2. The summed E-state index contributed by atoms with van der Waals surface area (Å²) in [4.78, 5) is 2.71. The van der Waals surface area contributed by atoms with E-state index in [4.69, 9.17) is 0 Å². The van der Waals surface area contributed by atoms with Crippen LogP contribution in [0.2, 0.25) is 0 Å². The van der Waals surface area contributed by atoms with E-state index in [-0.39, 0.29) is 12.4 Å². The third-order valence-electron chi connectivity index (χ3n) is 7.04. The Labute approximate surface area is 183 Å². The van der Waals surface area contributed by atoms with Crippen LogP contribution in [0.5, 0.6) is 0 Å². The summed E-state index contributed by atoms with van der Waals surface area (Å²) in [5, 5.41) is 0. The van der Waals surface area contributed by atoms with Gasteiger partial charge in [-0.2, -0.15) is 0 Å². The van der Waals surface area contributed by atoms with E-state index in [1.54, 1.807) is 15.4 Å². The molecule has 1 heterocycles. The molecule has 6 heteroatoms. The lowest BCUT2D eigenvalue weighted by Gasteiger charge is -2.36. The molecule has 3 aliphatic rings. The van der Waals surface area contributed by atoms with E-state index in [9.17, 15) is 8.42 Å². The van der Waals surface area contributed by atoms with Crippen LogP contribution in [0, 0.1) is 11.8 Å². The van der Waals surface area contributed by atoms with Gasteiger partial charge in [-0.25, -0.2) is 12.7 Å². The third kappa shape index (κ3) is 6.19. The van der Waals surface area contributed by atoms with Crippen molar-refractivity contribution < 1.29 is 8.42 Å². The average Bonchev–Trinajstić information content (AvgIpc) is 3.35. The Kier molecular flexibility index (Phi) is 7.69. The van der Waals surface area contributed by atoms with E-state index in [0.29, 0.717) is 25.0 Å². The van der Waals surface area contributed by atoms with Crippen molar-refractivity contribution in [3.05, 3.63) is 34.9 Å². The number of benzene rings is 1. The maximum absolute atomic E-state index is 11.8. The zero-order chi connectivity index (χ0) is 19.7. The molecule has 2 aliphatic carbocycles. The summed E-state index contributed by atoms with van der Waals surface area (Å²) in [6, 6.07) is 7.71. The normalized spacial score (nSPS) is 21.8. The van der Waals surface area contributed by atoms with E-state index >= 15 is 0 Å². The first-order valence-corrected chi connectivity index (χ1v) is 13.0. The van der Waals surface area contributed by atoms with Crippen LogP contribution in [0.4, 0.5) is 0 Å². The van der Waals surface area contributed by atoms with E-state index in [1.807, 2.05) is 0 Å². The van der Waals surface area contributed by atoms with E-state index in [0.717, 1.165) is 31.7 Å². The maximum Gasteiger partial charge on any atom is 0.211 e. The van der Waals surface area contributed by atoms with Crippen LogP contribution in [0.25, 0.3) is 0 Å². The van der Waals surface area contributed by atoms with Crippen molar-refractivity contribution in [1.29, 1.82) is 0 Å². The van der Waals surface area contributed by atoms with Crippen molar-refractivity contribution >= 4 is 22.4 Å². The van der Waals surface area contributed by atoms with E-state index in [2.05, 4.69) is 30.0 Å². The first-order chi connectivity index (χ1) is 13.4. The SMILES string of the molecule is CC(Cc1ccc2c(c1)CCC2)N(CC1CC1)CC1CCN(S(C)(=O)=O)CC1.Cl. The Bertz CT molecular complexity index is 786. The lowest BCUT2D eigenvalue weighted by atomic mass is 9.95. The molecular weight excluding hydrogens is 404 g/mol. The van der Waals surface area contributed by atoms with Crippen LogP contribution in [0.1, 0.15) is 55.7 Å². The minimum atomic E-state index is -3.03. The second-order valence-electron chi connectivity index (χ2n) is 9.51. The Morgan fingerprint density at radius 1 is 1.03 bits per heavy atom. The Balaban J connectivity index is 0.00000240. The van der Waals surface area contributed by atoms with Crippen molar-refractivity contribution in [2.45, 2.75) is 64.3 Å². The van der Waals surface area contributed by atoms with Gasteiger partial charge in [-0.05, 0) is 86.8 Å². The quantitative estimate of drug-likeness (QED) is 0.615. The van der Waals surface area contributed by atoms with Crippen LogP contribution in [-0.2, 0) is 29.3 Å². The number of fused-ring (bicyclic) bond motifs is 1. The van der Waals surface area contributed by atoms with Gasteiger partial charge >= 0.3 is 0 Å². The lowest BCUT2D eigenvalue weighted by molar-refractivity contribution is 0.141. The largest absolute Gasteiger partial charge is 0.300 e. The van der Waals surface area contributed by atoms with Crippen molar-refractivity contribution in [2.75, 3.05) is 32.4 Å². The highest BCUT2D eigenvalue weighted by Crippen LogP contribution is 2.32. The molecule has 1 atom stereocenters. The molecule has 0 bridgehead atoms. The average molecular weight is 441 g/mol. The first kappa shape index (κ1) is 23.1. The van der Waals surface area contributed by atoms with Crippen LogP contribution in [-0.4, -0.2) is 56.1 Å². The number of rotatable bonds is 8. The maximum atomic E-state index is 11.8. The lowest BCUT2D eigenvalue weighted by Crippen LogP contribution is -2.44. The van der Waals surface area contributed by atoms with Gasteiger partial charge in [0.2, 0.25) is 10.0 Å². The molecule has 0 amide bonds. The van der Waals surface area contributed by atoms with Crippen LogP contribution < -0.4 is 0 Å². The zero-order valence-electron chi connectivity index (χ0n) is 18.0. The Morgan fingerprint density at radius 2 is 1.66 bits per heavy atom. The fourth-order valence-corrected chi connectivity index (χ4v) is 5.92. The predicted octanol–water partition coefficient (Wildman–Crippen LogP) is 3.91. The van der Waals surface area contributed by atoms with Gasteiger partial charge in [0, 0.05) is 32.2 Å². The molecule has 0 aromatic heterocycles. The van der Waals surface area contributed by atoms with Crippen molar-refractivity contribution in [2.24, 2.45) is 11.8 Å². The minimum absolute atomic E-state index is 0. The fraction of sp³-hybridized carbons (Fsp3) is 0.739. The van der Waals surface area contributed by atoms with Crippen molar-refractivity contribution in [3.63, 3.8) is 0 Å². The van der Waals surface area contributed by atoms with Gasteiger partial charge in [-0.15, -0.1) is 12.4 Å². The Morgan fingerprint density at radius 3 is 2.28 bits per heavy atom. The van der Waals surface area contributed by atoms with Gasteiger partial charge < -0.3 is 0 Å². The van der Waals surface area contributed by atoms with Gasteiger partial charge in [0.15, 0.2) is 0 Å². The zero-order valence-corrected chi connectivity index (χ0v) is 19.6. The van der Waals surface area contributed by atoms with E-state index in [1.165, 1.54) is 50.5 Å². The summed E-state index contributed by atoms with van der Waals surface area (Å²) in [5.41, 5.74) is 4.62. The highest BCUT2D eigenvalue weighted by Gasteiger charge is 2.31. The van der Waals surface area contributed by atoms with Crippen LogP contribution >= 0.6 is 12.4 Å². The molecule has 0 radical (unpaired) electrons. The standard InChI is InChI=1S/C23H36N2O2S.ClH/c1-18(14-21-8-9-22-4-3-5-23(22)15-21)24(16-19-6-7-19)17-20-10-12-25(13-11-20)28(2,26)27;/h8-9,15,18-20H,3-7,10-14,16-17H2,1-2H3;1H. The fourth-order valence-electron chi connectivity index (χ4n) is 5.04. The van der Waals surface area contributed by atoms with Gasteiger partial charge in [0.1, 0.15) is 0 Å². The number of halogens is 1. The van der Waals surface area contributed by atoms with Gasteiger partial charge in [-0.1, -0.05) is 18.2 Å². The highest BCUT2D eigenvalue weighted by atomic mass is 35.5. The van der Waals surface area contributed by atoms with Gasteiger partial charge in [0.05, 0.1) is 6.26 Å². The van der Waals surface area contributed by atoms with Crippen LogP contribution in [0.15, 0.2) is 18.2 Å². The molecule has 1 unspecified atom stereocenters. The number of hydrogen-bond donors (Lipinski definition) is 0. The third-order valence-corrected chi connectivity index (χ3v) is 8.35. The second-order valence-corrected chi connectivity index (χ2v) is 11.5. The van der Waals surface area contributed by atoms with Crippen molar-refractivity contribution in [3.8, 4) is 0 Å². The Hall–Kier alpha value is -0.620. The molecule has 29 heavy (non-hydrogen) atoms. The molecule has 4 rings (SSSR count). The molecule has 2 fully saturated rings. The minimum Gasteiger partial charge on any atom is -0.300 e. The molecule has 1 aliphatic heterocycles. The summed E-state index contributed by atoms with van der Waals surface area (Å²) in [5.74, 6) is 1.51. The van der Waals surface area contributed by atoms with Gasteiger partial charge in [0.25, 0.3) is 0 Å². The molecule has 164 valence electrons. The first-order valence-electron chi connectivity index (χ1n) is 11.2. The molecular formula is C23H37ClN2O2S. The molecule has 1 saturated heterocycles. The topological polar surface area (TPSA) is 40.6 Å². The number of hydrogen-bond acceptors (Lipinski definition) is 3. The molecule has 1 aromatic carbocycles. The molecule has 0 spiro atoms. The monoisotopic (exact) mass is 440 g/mol. The summed E-state index contributed by atoms with van der Waals surface area (Å²) in [6.45, 7) is 6.12. The van der Waals surface area contributed by atoms with Crippen molar-refractivity contribution in [1.82, 2.24) is 9.21 Å². The molecule has 0 N–H and O–H groups in total. The van der Waals surface area contributed by atoms with Crippen LogP contribution in [0.3, 0.4) is 0 Å². The second kappa shape index (κ2) is 9.67. The smallest absolute Gasteiger partial charge is 0.211 e. The summed E-state index contributed by atoms with van der Waals surface area (Å²) in [7, 11) is -3.03. The van der Waals surface area contributed by atoms with E-state index < -0.39 is 10.0 Å². The number of sulfonamides is 1. The number of piperidine rings is 1. The van der Waals surface area contributed by atoms with Gasteiger partial charge in [-0.3, -0.25) is 4.90 Å². The highest BCUT2D eigenvalue weighted by molar-refractivity contribution is 7.88. The summed E-state index contributed by atoms with van der Waals surface area (Å²) in [6.07, 6.45) is 11.1. The predicted molar refractivity (Wildman–Crippen MR) is 122 cm³/mol. The summed E-state index contributed by atoms with van der Waals surface area (Å²) < 4.78 is 25.2. The molecule has 4 nitrogen and oxygen atoms in total. The number of nitrogens with zero attached hydrogens (tertiary/aromatic N) is 2. The molecule has 1 saturated carbocycles. The summed E-state index contributed by atoms with van der Waals surface area (Å²) >= 11 is 0. The molecule has 1 aromatic rings.